The molecule has 0 aromatic rings. The lowest BCUT2D eigenvalue weighted by molar-refractivity contribution is 0.0928. The Kier molecular flexibility index (Phi) is 10.6. The topological polar surface area (TPSA) is 104 Å². The standard InChI is InChI=1S/C5H12O2.H2O4S/c1-2-4-7-5-3-6;1-5(2,3)4/h6H,2-5H2,1H3;(H2,1,2,3,4). The normalized spacial score (nSPS) is 10.3. The van der Waals surface area contributed by atoms with Gasteiger partial charge in [-0.1, -0.05) is 6.92 Å². The Hall–Kier alpha value is -0.210. The van der Waals surface area contributed by atoms with Crippen LogP contribution in [0.25, 0.3) is 0 Å². The average Bonchev–Trinajstić information content (AvgIpc) is 1.85. The highest BCUT2D eigenvalue weighted by molar-refractivity contribution is 7.79. The Balaban J connectivity index is 0. The van der Waals surface area contributed by atoms with Crippen molar-refractivity contribution in [1.29, 1.82) is 0 Å². The molecule has 0 unspecified atom stereocenters. The molecule has 0 spiro atoms. The lowest BCUT2D eigenvalue weighted by Crippen LogP contribution is -1.98. The van der Waals surface area contributed by atoms with E-state index in [1.807, 2.05) is 6.92 Å². The predicted molar refractivity (Wildman–Crippen MR) is 42.4 cm³/mol. The van der Waals surface area contributed by atoms with E-state index in [9.17, 15) is 0 Å². The van der Waals surface area contributed by atoms with Crippen LogP contribution in [0.3, 0.4) is 0 Å². The van der Waals surface area contributed by atoms with Crippen LogP contribution in [-0.2, 0) is 15.1 Å². The zero-order valence-corrected chi connectivity index (χ0v) is 7.62. The van der Waals surface area contributed by atoms with Crippen LogP contribution in [0.15, 0.2) is 0 Å². The summed E-state index contributed by atoms with van der Waals surface area (Å²) in [5.41, 5.74) is 0. The van der Waals surface area contributed by atoms with Crippen molar-refractivity contribution in [2.45, 2.75) is 13.3 Å². The van der Waals surface area contributed by atoms with Gasteiger partial charge >= 0.3 is 10.4 Å². The third-order valence-electron chi connectivity index (χ3n) is 0.584. The molecule has 0 bridgehead atoms. The largest absolute Gasteiger partial charge is 0.394 e. The minimum Gasteiger partial charge on any atom is -0.394 e. The molecule has 0 rings (SSSR count). The van der Waals surface area contributed by atoms with E-state index in [0.717, 1.165) is 13.0 Å². The van der Waals surface area contributed by atoms with Crippen molar-refractivity contribution in [2.75, 3.05) is 19.8 Å². The van der Waals surface area contributed by atoms with Crippen LogP contribution in [0, 0.1) is 0 Å². The molecule has 12 heavy (non-hydrogen) atoms. The molecule has 6 nitrogen and oxygen atoms in total. The quantitative estimate of drug-likeness (QED) is 0.429. The van der Waals surface area contributed by atoms with E-state index in [-0.39, 0.29) is 6.61 Å². The summed E-state index contributed by atoms with van der Waals surface area (Å²) in [7, 11) is -4.67. The highest BCUT2D eigenvalue weighted by Gasteiger charge is 1.84. The van der Waals surface area contributed by atoms with Crippen LogP contribution in [0.2, 0.25) is 0 Å². The summed E-state index contributed by atoms with van der Waals surface area (Å²) in [6.45, 7) is 3.42. The zero-order chi connectivity index (χ0) is 10.0. The minimum atomic E-state index is -4.67. The van der Waals surface area contributed by atoms with Crippen molar-refractivity contribution >= 4 is 10.4 Å². The summed E-state index contributed by atoms with van der Waals surface area (Å²) in [6.07, 6.45) is 1.03. The number of aliphatic hydroxyl groups excluding tert-OH is 1. The first-order valence-corrected chi connectivity index (χ1v) is 4.70. The van der Waals surface area contributed by atoms with E-state index in [4.69, 9.17) is 27.4 Å². The van der Waals surface area contributed by atoms with Crippen molar-refractivity contribution in [2.24, 2.45) is 0 Å². The second kappa shape index (κ2) is 8.88. The Morgan fingerprint density at radius 1 is 1.25 bits per heavy atom. The zero-order valence-electron chi connectivity index (χ0n) is 6.80. The summed E-state index contributed by atoms with van der Waals surface area (Å²) < 4.78 is 36.5. The molecule has 0 atom stereocenters. The van der Waals surface area contributed by atoms with Crippen molar-refractivity contribution in [3.63, 3.8) is 0 Å². The molecule has 0 aliphatic rings. The first-order valence-electron chi connectivity index (χ1n) is 3.30. The fourth-order valence-corrected chi connectivity index (χ4v) is 0.311. The molecular weight excluding hydrogens is 188 g/mol. The number of ether oxygens (including phenoxy) is 1. The summed E-state index contributed by atoms with van der Waals surface area (Å²) in [6, 6.07) is 0. The molecule has 76 valence electrons. The van der Waals surface area contributed by atoms with E-state index >= 15 is 0 Å². The van der Waals surface area contributed by atoms with Crippen molar-refractivity contribution in [3.05, 3.63) is 0 Å². The van der Waals surface area contributed by atoms with Gasteiger partial charge in [0.2, 0.25) is 0 Å². The van der Waals surface area contributed by atoms with Crippen LogP contribution >= 0.6 is 0 Å². The van der Waals surface area contributed by atoms with Gasteiger partial charge in [0.15, 0.2) is 0 Å². The molecule has 0 aliphatic heterocycles. The van der Waals surface area contributed by atoms with Gasteiger partial charge in [0.25, 0.3) is 0 Å². The van der Waals surface area contributed by atoms with Crippen LogP contribution < -0.4 is 0 Å². The van der Waals surface area contributed by atoms with Gasteiger partial charge in [-0.2, -0.15) is 8.42 Å². The molecule has 3 N–H and O–H groups in total. The Morgan fingerprint density at radius 3 is 1.92 bits per heavy atom. The third kappa shape index (κ3) is 52.7. The Bertz CT molecular complexity index is 151. The lowest BCUT2D eigenvalue weighted by atomic mass is 10.5. The van der Waals surface area contributed by atoms with Gasteiger partial charge in [0.05, 0.1) is 13.2 Å². The second-order valence-electron chi connectivity index (χ2n) is 1.78. The van der Waals surface area contributed by atoms with Crippen LogP contribution in [0.4, 0.5) is 0 Å². The molecular formula is C5H14O6S. The number of rotatable bonds is 4. The summed E-state index contributed by atoms with van der Waals surface area (Å²) in [5.74, 6) is 0. The van der Waals surface area contributed by atoms with E-state index in [0.29, 0.717) is 6.61 Å². The van der Waals surface area contributed by atoms with Gasteiger partial charge in [0, 0.05) is 6.61 Å². The van der Waals surface area contributed by atoms with Gasteiger partial charge in [-0.3, -0.25) is 9.11 Å². The van der Waals surface area contributed by atoms with Gasteiger partial charge in [-0.05, 0) is 6.42 Å². The van der Waals surface area contributed by atoms with Crippen molar-refractivity contribution in [1.82, 2.24) is 0 Å². The maximum atomic E-state index is 8.74. The maximum Gasteiger partial charge on any atom is 0.394 e. The molecule has 0 radical (unpaired) electrons. The third-order valence-corrected chi connectivity index (χ3v) is 0.584. The molecule has 0 aromatic heterocycles. The Morgan fingerprint density at radius 2 is 1.67 bits per heavy atom. The van der Waals surface area contributed by atoms with Gasteiger partial charge < -0.3 is 9.84 Å². The molecule has 0 fully saturated rings. The molecule has 0 aromatic carbocycles. The van der Waals surface area contributed by atoms with Crippen molar-refractivity contribution in [3.8, 4) is 0 Å². The van der Waals surface area contributed by atoms with E-state index in [1.54, 1.807) is 0 Å². The molecule has 7 heteroatoms. The fourth-order valence-electron chi connectivity index (χ4n) is 0.311. The van der Waals surface area contributed by atoms with Crippen LogP contribution in [-0.4, -0.2) is 42.5 Å². The number of hydrogen-bond acceptors (Lipinski definition) is 4. The monoisotopic (exact) mass is 202 g/mol. The van der Waals surface area contributed by atoms with Gasteiger partial charge in [-0.25, -0.2) is 0 Å². The smallest absolute Gasteiger partial charge is 0.394 e. The Labute approximate surface area is 71.7 Å². The molecule has 0 saturated heterocycles. The molecule has 0 saturated carbocycles. The first kappa shape index (κ1) is 14.3. The minimum absolute atomic E-state index is 0.139. The number of hydrogen-bond donors (Lipinski definition) is 3. The molecule has 0 aliphatic carbocycles. The highest BCUT2D eigenvalue weighted by Crippen LogP contribution is 1.76. The van der Waals surface area contributed by atoms with Crippen LogP contribution in [0.5, 0.6) is 0 Å². The second-order valence-corrected chi connectivity index (χ2v) is 2.68. The SMILES string of the molecule is CCCOCCO.O=S(=O)(O)O. The lowest BCUT2D eigenvalue weighted by Gasteiger charge is -1.94. The van der Waals surface area contributed by atoms with Gasteiger partial charge in [-0.15, -0.1) is 0 Å². The number of aliphatic hydroxyl groups is 1. The average molecular weight is 202 g/mol. The summed E-state index contributed by atoms with van der Waals surface area (Å²) in [4.78, 5) is 0. The molecule has 0 heterocycles. The highest BCUT2D eigenvalue weighted by atomic mass is 32.3. The van der Waals surface area contributed by atoms with E-state index in [2.05, 4.69) is 0 Å². The first-order chi connectivity index (χ1) is 5.41. The van der Waals surface area contributed by atoms with E-state index in [1.165, 1.54) is 0 Å². The fraction of sp³-hybridized carbons (Fsp3) is 1.00. The van der Waals surface area contributed by atoms with Crippen molar-refractivity contribution < 1.29 is 27.4 Å². The predicted octanol–water partition coefficient (Wildman–Crippen LogP) is -0.247. The maximum absolute atomic E-state index is 8.74. The van der Waals surface area contributed by atoms with Gasteiger partial charge in [0.1, 0.15) is 0 Å². The molecule has 0 amide bonds. The summed E-state index contributed by atoms with van der Waals surface area (Å²) in [5, 5.41) is 8.17. The summed E-state index contributed by atoms with van der Waals surface area (Å²) >= 11 is 0. The van der Waals surface area contributed by atoms with E-state index < -0.39 is 10.4 Å². The van der Waals surface area contributed by atoms with Crippen LogP contribution in [0.1, 0.15) is 13.3 Å².